The van der Waals surface area contributed by atoms with Crippen LogP contribution in [-0.4, -0.2) is 17.6 Å². The molecule has 1 radical (unpaired) electrons. The number of halogens is 3. The Morgan fingerprint density at radius 1 is 1.36 bits per heavy atom. The van der Waals surface area contributed by atoms with E-state index in [0.29, 0.717) is 28.1 Å². The fraction of sp³-hybridized carbons (Fsp3) is 0.267. The molecule has 3 nitrogen and oxygen atoms in total. The van der Waals surface area contributed by atoms with Crippen LogP contribution in [0.4, 0.5) is 8.78 Å². The fourth-order valence-electron chi connectivity index (χ4n) is 1.96. The van der Waals surface area contributed by atoms with E-state index in [1.54, 1.807) is 18.2 Å². The molecule has 1 heterocycles. The second kappa shape index (κ2) is 8.89. The van der Waals surface area contributed by atoms with Gasteiger partial charge in [-0.3, -0.25) is 4.79 Å². The van der Waals surface area contributed by atoms with Gasteiger partial charge in [0.2, 0.25) is 0 Å². The molecular formula is C15H13BrF2NO2Y-. The predicted molar refractivity (Wildman–Crippen MR) is 79.8 cm³/mol. The van der Waals surface area contributed by atoms with Gasteiger partial charge in [-0.25, -0.2) is 8.78 Å². The van der Waals surface area contributed by atoms with Crippen LogP contribution in [0.2, 0.25) is 0 Å². The molecule has 0 saturated heterocycles. The van der Waals surface area contributed by atoms with Crippen LogP contribution < -0.4 is 10.3 Å². The number of alkyl halides is 2. The summed E-state index contributed by atoms with van der Waals surface area (Å²) in [6.07, 6.45) is -2.61. The van der Waals surface area contributed by atoms with Crippen molar-refractivity contribution in [2.24, 2.45) is 0 Å². The Morgan fingerprint density at radius 2 is 2.09 bits per heavy atom. The summed E-state index contributed by atoms with van der Waals surface area (Å²) in [4.78, 5) is 11.8. The van der Waals surface area contributed by atoms with Gasteiger partial charge in [0.05, 0.1) is 13.2 Å². The van der Waals surface area contributed by atoms with Crippen molar-refractivity contribution in [3.05, 3.63) is 51.2 Å². The summed E-state index contributed by atoms with van der Waals surface area (Å²) >= 11 is 3.38. The maximum absolute atomic E-state index is 12.7. The van der Waals surface area contributed by atoms with Crippen molar-refractivity contribution in [3.8, 4) is 17.0 Å². The van der Waals surface area contributed by atoms with Crippen molar-refractivity contribution in [1.82, 2.24) is 4.57 Å². The van der Waals surface area contributed by atoms with E-state index in [0.717, 1.165) is 4.57 Å². The molecule has 0 fully saturated rings. The van der Waals surface area contributed by atoms with Crippen molar-refractivity contribution < 1.29 is 46.2 Å². The van der Waals surface area contributed by atoms with Crippen LogP contribution in [0.15, 0.2) is 39.6 Å². The van der Waals surface area contributed by atoms with Crippen LogP contribution in [0.5, 0.6) is 5.75 Å². The van der Waals surface area contributed by atoms with Crippen LogP contribution in [-0.2, 0) is 39.3 Å². The van der Waals surface area contributed by atoms with Crippen molar-refractivity contribution in [3.63, 3.8) is 0 Å². The van der Waals surface area contributed by atoms with E-state index in [2.05, 4.69) is 22.0 Å². The van der Waals surface area contributed by atoms with Gasteiger partial charge in [-0.15, -0.1) is 6.07 Å². The van der Waals surface area contributed by atoms with E-state index >= 15 is 0 Å². The molecular weight excluding hydrogens is 433 g/mol. The van der Waals surface area contributed by atoms with Crippen molar-refractivity contribution >= 4 is 15.9 Å². The van der Waals surface area contributed by atoms with Crippen molar-refractivity contribution in [2.75, 3.05) is 6.61 Å². The number of pyridine rings is 1. The molecule has 0 aliphatic rings. The molecule has 0 unspecified atom stereocenters. The molecule has 115 valence electrons. The first-order chi connectivity index (χ1) is 10.0. The van der Waals surface area contributed by atoms with Gasteiger partial charge in [-0.2, -0.15) is 12.1 Å². The maximum Gasteiger partial charge on any atom is 0.256 e. The van der Waals surface area contributed by atoms with Gasteiger partial charge in [-0.05, 0) is 23.5 Å². The molecule has 2 aromatic rings. The number of rotatable bonds is 5. The summed E-state index contributed by atoms with van der Waals surface area (Å²) in [6, 6.07) is 10.7. The summed E-state index contributed by atoms with van der Waals surface area (Å²) < 4.78 is 32.3. The standard InChI is InChI=1S/C15H13BrF2NO2.Y/c1-2-21-10-6-7-11(12(16)8-10)13-4-3-5-15(20)19(13)9-14(17)18;/h3,5-8,14H,2,9H2,1H3;/q-1;. The first-order valence-electron chi connectivity index (χ1n) is 6.35. The second-order valence-electron chi connectivity index (χ2n) is 4.24. The summed E-state index contributed by atoms with van der Waals surface area (Å²) in [5.41, 5.74) is 0.444. The minimum Gasteiger partial charge on any atom is -0.494 e. The molecule has 0 atom stereocenters. The number of hydrogen-bond donors (Lipinski definition) is 0. The van der Waals surface area contributed by atoms with Crippen molar-refractivity contribution in [2.45, 2.75) is 19.9 Å². The molecule has 0 amide bonds. The van der Waals surface area contributed by atoms with Gasteiger partial charge in [0.25, 0.3) is 6.43 Å². The summed E-state index contributed by atoms with van der Waals surface area (Å²) in [6.45, 7) is 1.73. The molecule has 0 bridgehead atoms. The van der Waals surface area contributed by atoms with Crippen LogP contribution in [0.25, 0.3) is 11.3 Å². The topological polar surface area (TPSA) is 31.2 Å². The van der Waals surface area contributed by atoms with Gasteiger partial charge < -0.3 is 9.30 Å². The zero-order chi connectivity index (χ0) is 15.4. The smallest absolute Gasteiger partial charge is 0.256 e. The van der Waals surface area contributed by atoms with E-state index in [1.165, 1.54) is 12.1 Å². The number of hydrogen-bond acceptors (Lipinski definition) is 2. The number of benzene rings is 1. The molecule has 1 aromatic carbocycles. The predicted octanol–water partition coefficient (Wildman–Crippen LogP) is 3.74. The summed E-state index contributed by atoms with van der Waals surface area (Å²) in [5.74, 6) is 0.659. The summed E-state index contributed by atoms with van der Waals surface area (Å²) in [7, 11) is 0. The Labute approximate surface area is 160 Å². The molecule has 1 aromatic heterocycles. The molecule has 0 N–H and O–H groups in total. The van der Waals surface area contributed by atoms with Crippen LogP contribution >= 0.6 is 15.9 Å². The largest absolute Gasteiger partial charge is 0.494 e. The van der Waals surface area contributed by atoms with Gasteiger partial charge in [0.15, 0.2) is 5.56 Å². The zero-order valence-corrected chi connectivity index (χ0v) is 16.3. The van der Waals surface area contributed by atoms with E-state index in [4.69, 9.17) is 4.74 Å². The third kappa shape index (κ3) is 4.70. The molecule has 2 rings (SSSR count). The Kier molecular flexibility index (Phi) is 7.87. The van der Waals surface area contributed by atoms with Gasteiger partial charge in [0, 0.05) is 32.7 Å². The molecule has 22 heavy (non-hydrogen) atoms. The minimum atomic E-state index is -2.61. The minimum absolute atomic E-state index is 0. The normalized spacial score (nSPS) is 10.4. The molecule has 0 aliphatic carbocycles. The fourth-order valence-corrected chi connectivity index (χ4v) is 2.50. The SMILES string of the molecule is CCOc1ccc(-c2[c-]ccc(=O)n2CC(F)F)c(Br)c1.[Y]. The number of nitrogens with zero attached hydrogens (tertiary/aromatic N) is 1. The monoisotopic (exact) mass is 445 g/mol. The first kappa shape index (κ1) is 19.5. The molecule has 0 saturated carbocycles. The molecule has 7 heteroatoms. The second-order valence-corrected chi connectivity index (χ2v) is 5.10. The van der Waals surface area contributed by atoms with Gasteiger partial charge in [0.1, 0.15) is 5.75 Å². The zero-order valence-electron chi connectivity index (χ0n) is 11.9. The maximum atomic E-state index is 12.7. The van der Waals surface area contributed by atoms with E-state index < -0.39 is 18.5 Å². The van der Waals surface area contributed by atoms with Crippen molar-refractivity contribution in [1.29, 1.82) is 0 Å². The quantitative estimate of drug-likeness (QED) is 0.656. The Bertz CT molecular complexity index is 691. The van der Waals surface area contributed by atoms with E-state index in [-0.39, 0.29) is 32.7 Å². The van der Waals surface area contributed by atoms with E-state index in [1.807, 2.05) is 6.92 Å². The number of ether oxygens (including phenoxy) is 1. The Hall–Kier alpha value is -0.586. The average Bonchev–Trinajstić information content (AvgIpc) is 2.42. The first-order valence-corrected chi connectivity index (χ1v) is 7.14. The van der Waals surface area contributed by atoms with Crippen LogP contribution in [0.1, 0.15) is 6.92 Å². The third-order valence-corrected chi connectivity index (χ3v) is 3.47. The molecule has 0 spiro atoms. The van der Waals surface area contributed by atoms with E-state index in [9.17, 15) is 13.6 Å². The Morgan fingerprint density at radius 3 is 2.68 bits per heavy atom. The molecule has 0 aliphatic heterocycles. The van der Waals surface area contributed by atoms with Gasteiger partial charge in [-0.1, -0.05) is 33.3 Å². The van der Waals surface area contributed by atoms with Crippen LogP contribution in [0, 0.1) is 6.07 Å². The Balaban J connectivity index is 0.00000242. The summed E-state index contributed by atoms with van der Waals surface area (Å²) in [5, 5.41) is 0. The average molecular weight is 446 g/mol. The van der Waals surface area contributed by atoms with Gasteiger partial charge >= 0.3 is 0 Å². The van der Waals surface area contributed by atoms with Crippen LogP contribution in [0.3, 0.4) is 0 Å². The number of aromatic nitrogens is 1. The third-order valence-electron chi connectivity index (χ3n) is 2.81.